The molecular weight excluding hydrogens is 371 g/mol. The molecule has 0 atom stereocenters. The third kappa shape index (κ3) is 3.54. The lowest BCUT2D eigenvalue weighted by atomic mass is 10.1. The number of benzene rings is 1. The summed E-state index contributed by atoms with van der Waals surface area (Å²) in [6.07, 6.45) is 0.524. The number of fused-ring (bicyclic) bond motifs is 1. The van der Waals surface area contributed by atoms with E-state index in [1.54, 1.807) is 0 Å². The molecule has 1 saturated heterocycles. The number of ether oxygens (including phenoxy) is 1. The summed E-state index contributed by atoms with van der Waals surface area (Å²) < 4.78 is 46.0. The lowest BCUT2D eigenvalue weighted by molar-refractivity contribution is 0.122. The van der Waals surface area contributed by atoms with Gasteiger partial charge in [0.25, 0.3) is 0 Å². The molecule has 1 aromatic heterocycles. The van der Waals surface area contributed by atoms with Gasteiger partial charge in [-0.25, -0.2) is 22.8 Å². The van der Waals surface area contributed by atoms with E-state index in [1.807, 2.05) is 6.92 Å². The first-order valence-corrected chi connectivity index (χ1v) is 10.3. The van der Waals surface area contributed by atoms with Crippen molar-refractivity contribution in [1.82, 2.24) is 14.3 Å². The zero-order valence-corrected chi connectivity index (χ0v) is 15.9. The molecule has 2 aromatic rings. The van der Waals surface area contributed by atoms with E-state index >= 15 is 0 Å². The molecule has 27 heavy (non-hydrogen) atoms. The predicted octanol–water partition coefficient (Wildman–Crippen LogP) is 1.51. The molecule has 0 spiro atoms. The average molecular weight is 392 g/mol. The Labute approximate surface area is 157 Å². The van der Waals surface area contributed by atoms with Crippen molar-refractivity contribution in [1.29, 1.82) is 0 Å². The van der Waals surface area contributed by atoms with Crippen LogP contribution in [-0.4, -0.2) is 55.5 Å². The third-order valence-electron chi connectivity index (χ3n) is 4.88. The second-order valence-corrected chi connectivity index (χ2v) is 8.60. The monoisotopic (exact) mass is 392 g/mol. The summed E-state index contributed by atoms with van der Waals surface area (Å²) in [6, 6.07) is 4.93. The Hall–Kier alpha value is -2.10. The largest absolute Gasteiger partial charge is 0.378 e. The summed E-state index contributed by atoms with van der Waals surface area (Å²) >= 11 is 0. The van der Waals surface area contributed by atoms with Crippen molar-refractivity contribution in [2.45, 2.75) is 24.8 Å². The first-order valence-electron chi connectivity index (χ1n) is 8.90. The number of aromatic nitrogens is 2. The molecule has 7 nitrogen and oxygen atoms in total. The highest BCUT2D eigenvalue weighted by molar-refractivity contribution is 7.89. The fourth-order valence-corrected chi connectivity index (χ4v) is 4.90. The first-order chi connectivity index (χ1) is 12.9. The summed E-state index contributed by atoms with van der Waals surface area (Å²) in [5.74, 6) is 1.02. The van der Waals surface area contributed by atoms with Crippen LogP contribution in [0.25, 0.3) is 0 Å². The summed E-state index contributed by atoms with van der Waals surface area (Å²) in [4.78, 5) is 11.4. The summed E-state index contributed by atoms with van der Waals surface area (Å²) in [5.41, 5.74) is 1.74. The number of nitrogens with zero attached hydrogens (tertiary/aromatic N) is 4. The molecule has 0 N–H and O–H groups in total. The van der Waals surface area contributed by atoms with Crippen LogP contribution < -0.4 is 4.90 Å². The zero-order valence-electron chi connectivity index (χ0n) is 15.1. The quantitative estimate of drug-likeness (QED) is 0.788. The summed E-state index contributed by atoms with van der Waals surface area (Å²) in [5, 5.41) is 0. The molecule has 2 aliphatic rings. The van der Waals surface area contributed by atoms with Crippen LogP contribution in [0.1, 0.15) is 17.1 Å². The third-order valence-corrected chi connectivity index (χ3v) is 6.74. The minimum atomic E-state index is -3.71. The van der Waals surface area contributed by atoms with E-state index in [1.165, 1.54) is 16.4 Å². The van der Waals surface area contributed by atoms with Gasteiger partial charge in [-0.3, -0.25) is 0 Å². The highest BCUT2D eigenvalue weighted by atomic mass is 32.2. The number of halogens is 1. The van der Waals surface area contributed by atoms with Crippen molar-refractivity contribution in [3.8, 4) is 0 Å². The van der Waals surface area contributed by atoms with Gasteiger partial charge in [0.2, 0.25) is 10.0 Å². The number of hydrogen-bond acceptors (Lipinski definition) is 6. The van der Waals surface area contributed by atoms with E-state index in [0.717, 1.165) is 29.2 Å². The van der Waals surface area contributed by atoms with Crippen LogP contribution in [0, 0.1) is 12.7 Å². The van der Waals surface area contributed by atoms with E-state index in [0.29, 0.717) is 45.1 Å². The topological polar surface area (TPSA) is 75.6 Å². The van der Waals surface area contributed by atoms with Crippen LogP contribution in [0.2, 0.25) is 0 Å². The van der Waals surface area contributed by atoms with E-state index < -0.39 is 15.8 Å². The van der Waals surface area contributed by atoms with Gasteiger partial charge >= 0.3 is 0 Å². The second kappa shape index (κ2) is 7.14. The molecule has 4 rings (SSSR count). The lowest BCUT2D eigenvalue weighted by Crippen LogP contribution is -2.41. The second-order valence-electron chi connectivity index (χ2n) is 6.66. The van der Waals surface area contributed by atoms with Gasteiger partial charge in [-0.2, -0.15) is 4.31 Å². The van der Waals surface area contributed by atoms with Gasteiger partial charge in [0, 0.05) is 38.2 Å². The van der Waals surface area contributed by atoms with Gasteiger partial charge in [0.1, 0.15) is 17.5 Å². The Balaban J connectivity index is 1.68. The maximum Gasteiger partial charge on any atom is 0.243 e. The molecule has 9 heteroatoms. The van der Waals surface area contributed by atoms with Crippen LogP contribution in [0.15, 0.2) is 29.2 Å². The summed E-state index contributed by atoms with van der Waals surface area (Å²) in [6.45, 7) is 5.08. The van der Waals surface area contributed by atoms with Crippen LogP contribution in [-0.2, 0) is 27.7 Å². The SMILES string of the molecule is Cc1nc2c(c(N3CCOCC3)n1)CN(S(=O)(=O)c1ccc(F)cc1)CC2. The van der Waals surface area contributed by atoms with E-state index in [-0.39, 0.29) is 11.4 Å². The van der Waals surface area contributed by atoms with E-state index in [2.05, 4.69) is 14.9 Å². The molecule has 0 saturated carbocycles. The highest BCUT2D eigenvalue weighted by Crippen LogP contribution is 2.30. The molecule has 0 amide bonds. The van der Waals surface area contributed by atoms with Gasteiger partial charge in [-0.05, 0) is 31.2 Å². The number of anilines is 1. The number of hydrogen-bond donors (Lipinski definition) is 0. The van der Waals surface area contributed by atoms with Crippen molar-refractivity contribution in [2.75, 3.05) is 37.7 Å². The van der Waals surface area contributed by atoms with Crippen LogP contribution in [0.4, 0.5) is 10.2 Å². The maximum absolute atomic E-state index is 13.2. The molecule has 0 radical (unpaired) electrons. The van der Waals surface area contributed by atoms with Crippen molar-refractivity contribution < 1.29 is 17.5 Å². The minimum absolute atomic E-state index is 0.0910. The molecule has 0 bridgehead atoms. The number of morpholine rings is 1. The molecule has 0 unspecified atom stereocenters. The Kier molecular flexibility index (Phi) is 4.83. The molecule has 3 heterocycles. The Morgan fingerprint density at radius 2 is 1.78 bits per heavy atom. The molecule has 0 aliphatic carbocycles. The minimum Gasteiger partial charge on any atom is -0.378 e. The Morgan fingerprint density at radius 3 is 2.48 bits per heavy atom. The standard InChI is InChI=1S/C18H21FN4O3S/c1-13-20-17-6-7-23(27(24,25)15-4-2-14(19)3-5-15)12-16(17)18(21-13)22-8-10-26-11-9-22/h2-5H,6-12H2,1H3. The smallest absolute Gasteiger partial charge is 0.243 e. The normalized spacial score (nSPS) is 18.4. The number of aryl methyl sites for hydroxylation is 1. The van der Waals surface area contributed by atoms with Gasteiger partial charge in [-0.15, -0.1) is 0 Å². The molecule has 1 aromatic carbocycles. The summed E-state index contributed by atoms with van der Waals surface area (Å²) in [7, 11) is -3.71. The number of rotatable bonds is 3. The van der Waals surface area contributed by atoms with Crippen LogP contribution >= 0.6 is 0 Å². The van der Waals surface area contributed by atoms with Gasteiger partial charge < -0.3 is 9.64 Å². The molecule has 144 valence electrons. The van der Waals surface area contributed by atoms with Crippen LogP contribution in [0.3, 0.4) is 0 Å². The van der Waals surface area contributed by atoms with Crippen molar-refractivity contribution in [3.63, 3.8) is 0 Å². The zero-order chi connectivity index (χ0) is 19.0. The van der Waals surface area contributed by atoms with Crippen molar-refractivity contribution in [3.05, 3.63) is 47.2 Å². The van der Waals surface area contributed by atoms with Crippen molar-refractivity contribution >= 4 is 15.8 Å². The first kappa shape index (κ1) is 18.3. The molecular formula is C18H21FN4O3S. The van der Waals surface area contributed by atoms with Crippen molar-refractivity contribution in [2.24, 2.45) is 0 Å². The highest BCUT2D eigenvalue weighted by Gasteiger charge is 2.32. The fraction of sp³-hybridized carbons (Fsp3) is 0.444. The number of sulfonamides is 1. The Morgan fingerprint density at radius 1 is 1.07 bits per heavy atom. The Bertz CT molecular complexity index is 944. The maximum atomic E-state index is 13.2. The van der Waals surface area contributed by atoms with E-state index in [9.17, 15) is 12.8 Å². The average Bonchev–Trinajstić information content (AvgIpc) is 2.68. The fourth-order valence-electron chi connectivity index (χ4n) is 3.49. The van der Waals surface area contributed by atoms with Crippen LogP contribution in [0.5, 0.6) is 0 Å². The van der Waals surface area contributed by atoms with E-state index in [4.69, 9.17) is 4.74 Å². The molecule has 2 aliphatic heterocycles. The molecule has 1 fully saturated rings. The predicted molar refractivity (Wildman–Crippen MR) is 97.5 cm³/mol. The van der Waals surface area contributed by atoms with Gasteiger partial charge in [0.15, 0.2) is 0 Å². The van der Waals surface area contributed by atoms with Gasteiger partial charge in [0.05, 0.1) is 23.8 Å². The van der Waals surface area contributed by atoms with Gasteiger partial charge in [-0.1, -0.05) is 0 Å². The lowest BCUT2D eigenvalue weighted by Gasteiger charge is -2.34.